The van der Waals surface area contributed by atoms with E-state index in [0.717, 1.165) is 25.7 Å². The van der Waals surface area contributed by atoms with Crippen LogP contribution in [0.4, 0.5) is 0 Å². The molecule has 0 aromatic carbocycles. The minimum absolute atomic E-state index is 0.0757. The molecule has 0 atom stereocenters. The molecule has 0 unspecified atom stereocenters. The minimum atomic E-state index is -0.210. The van der Waals surface area contributed by atoms with Gasteiger partial charge in [0.05, 0.1) is 6.10 Å². The number of nitrogens with two attached hydrogens (primary N) is 1. The van der Waals surface area contributed by atoms with Crippen LogP contribution in [-0.4, -0.2) is 30.7 Å². The molecule has 0 heterocycles. The second-order valence-corrected chi connectivity index (χ2v) is 5.02. The fourth-order valence-electron chi connectivity index (χ4n) is 1.81. The zero-order valence-corrected chi connectivity index (χ0v) is 10.4. The first-order valence-corrected chi connectivity index (χ1v) is 6.19. The van der Waals surface area contributed by atoms with E-state index in [2.05, 4.69) is 5.32 Å². The van der Waals surface area contributed by atoms with Crippen LogP contribution in [0.15, 0.2) is 0 Å². The van der Waals surface area contributed by atoms with E-state index in [4.69, 9.17) is 10.5 Å². The first kappa shape index (κ1) is 13.5. The normalized spacial score (nSPS) is 18.2. The summed E-state index contributed by atoms with van der Waals surface area (Å²) >= 11 is 0. The van der Waals surface area contributed by atoms with Crippen LogP contribution in [0, 0.1) is 0 Å². The summed E-state index contributed by atoms with van der Waals surface area (Å²) in [5.41, 5.74) is 5.78. The maximum atomic E-state index is 11.5. The first-order valence-electron chi connectivity index (χ1n) is 6.19. The Morgan fingerprint density at radius 2 is 2.19 bits per heavy atom. The van der Waals surface area contributed by atoms with Crippen LogP contribution >= 0.6 is 0 Å². The van der Waals surface area contributed by atoms with E-state index in [1.54, 1.807) is 0 Å². The van der Waals surface area contributed by atoms with Crippen LogP contribution in [0.3, 0.4) is 0 Å². The number of amides is 1. The van der Waals surface area contributed by atoms with Gasteiger partial charge in [-0.1, -0.05) is 0 Å². The number of hydrogen-bond acceptors (Lipinski definition) is 3. The Labute approximate surface area is 97.9 Å². The van der Waals surface area contributed by atoms with Crippen molar-refractivity contribution < 1.29 is 9.53 Å². The van der Waals surface area contributed by atoms with Crippen molar-refractivity contribution in [2.24, 2.45) is 5.73 Å². The van der Waals surface area contributed by atoms with Gasteiger partial charge in [0, 0.05) is 25.1 Å². The summed E-state index contributed by atoms with van der Waals surface area (Å²) in [7, 11) is 0. The zero-order valence-electron chi connectivity index (χ0n) is 10.4. The Kier molecular flexibility index (Phi) is 5.22. The Bertz CT molecular complexity index is 225. The molecule has 94 valence electrons. The molecular formula is C12H24N2O2. The van der Waals surface area contributed by atoms with Crippen LogP contribution in [-0.2, 0) is 9.53 Å². The molecule has 1 aliphatic rings. The van der Waals surface area contributed by atoms with Crippen molar-refractivity contribution >= 4 is 5.91 Å². The molecule has 0 bridgehead atoms. The van der Waals surface area contributed by atoms with Crippen LogP contribution < -0.4 is 11.1 Å². The molecule has 16 heavy (non-hydrogen) atoms. The molecule has 3 N–H and O–H groups in total. The number of rotatable bonds is 7. The molecule has 4 heteroatoms. The molecule has 1 amide bonds. The Morgan fingerprint density at radius 3 is 2.69 bits per heavy atom. The Hall–Kier alpha value is -0.610. The van der Waals surface area contributed by atoms with Gasteiger partial charge in [-0.3, -0.25) is 4.79 Å². The van der Waals surface area contributed by atoms with E-state index in [0.29, 0.717) is 19.6 Å². The van der Waals surface area contributed by atoms with Crippen LogP contribution in [0.2, 0.25) is 0 Å². The molecule has 0 spiro atoms. The highest BCUT2D eigenvalue weighted by molar-refractivity contribution is 5.77. The zero-order chi connectivity index (χ0) is 12.0. The molecule has 1 aliphatic carbocycles. The lowest BCUT2D eigenvalue weighted by Crippen LogP contribution is -2.50. The van der Waals surface area contributed by atoms with Crippen LogP contribution in [0.1, 0.15) is 46.0 Å². The lowest BCUT2D eigenvalue weighted by molar-refractivity contribution is -0.123. The topological polar surface area (TPSA) is 64.3 Å². The number of nitrogens with one attached hydrogen (secondary N) is 1. The van der Waals surface area contributed by atoms with Crippen molar-refractivity contribution in [1.82, 2.24) is 5.32 Å². The Morgan fingerprint density at radius 1 is 1.50 bits per heavy atom. The quantitative estimate of drug-likeness (QED) is 0.643. The van der Waals surface area contributed by atoms with Gasteiger partial charge in [-0.05, 0) is 39.5 Å². The van der Waals surface area contributed by atoms with Crippen LogP contribution in [0.5, 0.6) is 0 Å². The second-order valence-electron chi connectivity index (χ2n) is 5.02. The molecule has 0 aliphatic heterocycles. The van der Waals surface area contributed by atoms with E-state index in [1.165, 1.54) is 0 Å². The summed E-state index contributed by atoms with van der Waals surface area (Å²) in [6.07, 6.45) is 4.72. The summed E-state index contributed by atoms with van der Waals surface area (Å²) in [5.74, 6) is 0.0757. The van der Waals surface area contributed by atoms with E-state index < -0.39 is 0 Å². The highest BCUT2D eigenvalue weighted by Crippen LogP contribution is 2.31. The van der Waals surface area contributed by atoms with Crippen molar-refractivity contribution in [2.45, 2.75) is 57.6 Å². The SMILES string of the molecule is CC(C)OCCCNC(=O)CC1(N)CCC1. The smallest absolute Gasteiger partial charge is 0.221 e. The molecule has 1 rings (SSSR count). The number of carbonyl (C=O) groups excluding carboxylic acids is 1. The van der Waals surface area contributed by atoms with Crippen molar-refractivity contribution in [1.29, 1.82) is 0 Å². The summed E-state index contributed by atoms with van der Waals surface area (Å²) < 4.78 is 5.38. The van der Waals surface area contributed by atoms with Gasteiger partial charge in [0.15, 0.2) is 0 Å². The summed E-state index contributed by atoms with van der Waals surface area (Å²) in [5, 5.41) is 2.88. The molecule has 0 radical (unpaired) electrons. The third-order valence-electron chi connectivity index (χ3n) is 2.96. The van der Waals surface area contributed by atoms with Gasteiger partial charge in [0.1, 0.15) is 0 Å². The maximum Gasteiger partial charge on any atom is 0.221 e. The van der Waals surface area contributed by atoms with E-state index in [9.17, 15) is 4.79 Å². The molecule has 1 saturated carbocycles. The fourth-order valence-corrected chi connectivity index (χ4v) is 1.81. The highest BCUT2D eigenvalue weighted by Gasteiger charge is 2.34. The van der Waals surface area contributed by atoms with E-state index in [1.807, 2.05) is 13.8 Å². The number of ether oxygens (including phenoxy) is 1. The molecule has 1 fully saturated rings. The van der Waals surface area contributed by atoms with E-state index in [-0.39, 0.29) is 17.6 Å². The van der Waals surface area contributed by atoms with Crippen molar-refractivity contribution in [3.63, 3.8) is 0 Å². The van der Waals surface area contributed by atoms with Gasteiger partial charge in [-0.25, -0.2) is 0 Å². The molecule has 0 saturated heterocycles. The van der Waals surface area contributed by atoms with Gasteiger partial charge in [0.2, 0.25) is 5.91 Å². The predicted molar refractivity (Wildman–Crippen MR) is 64.1 cm³/mol. The van der Waals surface area contributed by atoms with Gasteiger partial charge < -0.3 is 15.8 Å². The predicted octanol–water partition coefficient (Wildman–Crippen LogP) is 1.19. The molecule has 4 nitrogen and oxygen atoms in total. The standard InChI is InChI=1S/C12H24N2O2/c1-10(2)16-8-4-7-14-11(15)9-12(13)5-3-6-12/h10H,3-9,13H2,1-2H3,(H,14,15). The molecular weight excluding hydrogens is 204 g/mol. The average Bonchev–Trinajstić information content (AvgIpc) is 2.14. The van der Waals surface area contributed by atoms with Gasteiger partial charge in [-0.2, -0.15) is 0 Å². The Balaban J connectivity index is 1.98. The lowest BCUT2D eigenvalue weighted by Gasteiger charge is -2.37. The van der Waals surface area contributed by atoms with Crippen molar-refractivity contribution in [3.05, 3.63) is 0 Å². The number of hydrogen-bond donors (Lipinski definition) is 2. The maximum absolute atomic E-state index is 11.5. The highest BCUT2D eigenvalue weighted by atomic mass is 16.5. The second kappa shape index (κ2) is 6.21. The first-order chi connectivity index (χ1) is 7.52. The molecule has 0 aromatic rings. The third kappa shape index (κ3) is 4.94. The largest absolute Gasteiger partial charge is 0.379 e. The third-order valence-corrected chi connectivity index (χ3v) is 2.96. The van der Waals surface area contributed by atoms with E-state index >= 15 is 0 Å². The summed E-state index contributed by atoms with van der Waals surface area (Å²) in [6.45, 7) is 5.40. The van der Waals surface area contributed by atoms with Crippen LogP contribution in [0.25, 0.3) is 0 Å². The van der Waals surface area contributed by atoms with Gasteiger partial charge in [-0.15, -0.1) is 0 Å². The van der Waals surface area contributed by atoms with Crippen molar-refractivity contribution in [2.75, 3.05) is 13.2 Å². The molecule has 0 aromatic heterocycles. The van der Waals surface area contributed by atoms with Crippen molar-refractivity contribution in [3.8, 4) is 0 Å². The monoisotopic (exact) mass is 228 g/mol. The van der Waals surface area contributed by atoms with Gasteiger partial charge in [0.25, 0.3) is 0 Å². The fraction of sp³-hybridized carbons (Fsp3) is 0.917. The summed E-state index contributed by atoms with van der Waals surface area (Å²) in [6, 6.07) is 0. The van der Waals surface area contributed by atoms with Gasteiger partial charge >= 0.3 is 0 Å². The number of carbonyl (C=O) groups is 1. The lowest BCUT2D eigenvalue weighted by atomic mass is 9.75. The average molecular weight is 228 g/mol. The summed E-state index contributed by atoms with van der Waals surface area (Å²) in [4.78, 5) is 11.5. The minimum Gasteiger partial charge on any atom is -0.379 e.